The van der Waals surface area contributed by atoms with Crippen molar-refractivity contribution in [2.45, 2.75) is 105 Å². The average molecular weight is 1640 g/mol. The molecule has 18 heteroatoms. The number of hydrogen-bond donors (Lipinski definition) is 0. The van der Waals surface area contributed by atoms with Gasteiger partial charge >= 0.3 is 27.5 Å². The van der Waals surface area contributed by atoms with Gasteiger partial charge in [0.2, 0.25) is 0 Å². The van der Waals surface area contributed by atoms with Crippen molar-refractivity contribution < 1.29 is 17.9 Å². The normalized spacial score (nSPS) is 12.0. The Kier molecular flexibility index (Phi) is 21.0. The molecule has 8 heterocycles. The number of rotatable bonds is 4. The number of pyridine rings is 4. The van der Waals surface area contributed by atoms with Crippen molar-refractivity contribution in [2.75, 3.05) is 0 Å². The molecule has 16 aromatic rings. The van der Waals surface area contributed by atoms with Gasteiger partial charge in [-0.1, -0.05) is 322 Å². The average Bonchev–Trinajstić information content (AvgIpc) is 1.64. The third-order valence-corrected chi connectivity index (χ3v) is 21.4. The van der Waals surface area contributed by atoms with Crippen LogP contribution in [-0.2, 0) is 39.5 Å². The van der Waals surface area contributed by atoms with E-state index in [4.69, 9.17) is 46.4 Å². The molecule has 0 bridgehead atoms. The fourth-order valence-electron chi connectivity index (χ4n) is 12.2. The van der Waals surface area contributed by atoms with Crippen LogP contribution in [0.3, 0.4) is 0 Å². The van der Waals surface area contributed by atoms with E-state index in [9.17, 15) is 0 Å². The minimum atomic E-state index is 0.0402. The number of nitrogens with zero attached hydrogens (tertiary/aromatic N) is 8. The fourth-order valence-corrected chi connectivity index (χ4v) is 16.6. The van der Waals surface area contributed by atoms with E-state index in [2.05, 4.69) is 303 Å². The number of fused-ring (bicyclic) bond motifs is 8. The molecule has 98 heavy (non-hydrogen) atoms. The first-order chi connectivity index (χ1) is 46.7. The van der Waals surface area contributed by atoms with Crippen molar-refractivity contribution in [1.29, 1.82) is 0 Å². The van der Waals surface area contributed by atoms with Gasteiger partial charge in [-0.2, -0.15) is 0 Å². The molecule has 0 aliphatic heterocycles. The molecule has 8 nitrogen and oxygen atoms in total. The van der Waals surface area contributed by atoms with E-state index in [-0.39, 0.29) is 21.7 Å². The van der Waals surface area contributed by atoms with Crippen molar-refractivity contribution in [1.82, 2.24) is 39.9 Å². The van der Waals surface area contributed by atoms with Crippen molar-refractivity contribution in [3.8, 4) is 45.0 Å². The number of hydrogen-bond acceptors (Lipinski definition) is 12. The van der Waals surface area contributed by atoms with Crippen LogP contribution in [0.15, 0.2) is 170 Å². The first kappa shape index (κ1) is 70.9. The Morgan fingerprint density at radius 2 is 0.490 bits per heavy atom. The summed E-state index contributed by atoms with van der Waals surface area (Å²) < 4.78 is 6.16. The minimum absolute atomic E-state index is 0.0402. The molecule has 0 unspecified atom stereocenters. The summed E-state index contributed by atoms with van der Waals surface area (Å²) in [6.45, 7) is 26.9. The van der Waals surface area contributed by atoms with Gasteiger partial charge in [0.15, 0.2) is 17.9 Å². The molecule has 0 fully saturated rings. The number of halogens is 5. The number of benzene rings is 8. The summed E-state index contributed by atoms with van der Waals surface area (Å²) in [5.41, 5.74) is 16.7. The second-order valence-corrected chi connectivity index (χ2v) is 34.0. The molecule has 0 amide bonds. The third kappa shape index (κ3) is 15.2. The number of aromatic nitrogens is 8. The van der Waals surface area contributed by atoms with Gasteiger partial charge in [-0.15, -0.1) is 69.6 Å². The van der Waals surface area contributed by atoms with Gasteiger partial charge in [0.1, 0.15) is 0 Å². The second-order valence-electron chi connectivity index (χ2n) is 27.6. The van der Waals surface area contributed by atoms with E-state index in [1.807, 2.05) is 0 Å². The molecular formula is C80H64Cl5IrN8S4-2. The molecule has 8 aromatic carbocycles. The Bertz CT molecular complexity index is 4950. The van der Waals surface area contributed by atoms with Gasteiger partial charge in [-0.3, -0.25) is 19.9 Å². The summed E-state index contributed by atoms with van der Waals surface area (Å²) in [5, 5.41) is 10.0. The molecular weight excluding hydrogens is 1570 g/mol. The summed E-state index contributed by atoms with van der Waals surface area (Å²) in [6, 6.07) is 58.8. The molecule has 0 aliphatic rings. The fraction of sp³-hybridized carbons (Fsp3) is 0.200. The molecule has 0 saturated carbocycles. The predicted molar refractivity (Wildman–Crippen MR) is 417 cm³/mol. The Morgan fingerprint density at radius 3 is 0.684 bits per heavy atom. The van der Waals surface area contributed by atoms with E-state index < -0.39 is 0 Å². The van der Waals surface area contributed by atoms with Crippen LogP contribution in [0.5, 0.6) is 0 Å². The first-order valence-corrected chi connectivity index (χ1v) is 39.1. The maximum atomic E-state index is 6.11. The van der Waals surface area contributed by atoms with Crippen LogP contribution in [0.2, 0.25) is 17.9 Å². The van der Waals surface area contributed by atoms with Crippen molar-refractivity contribution in [2.24, 2.45) is 0 Å². The molecule has 8 aromatic heterocycles. The summed E-state index contributed by atoms with van der Waals surface area (Å²) in [7, 11) is 4.64. The molecule has 16 rings (SSSR count). The van der Waals surface area contributed by atoms with Gasteiger partial charge < -0.3 is 19.9 Å². The van der Waals surface area contributed by atoms with Crippen LogP contribution < -0.4 is 0 Å². The third-order valence-electron chi connectivity index (χ3n) is 16.7. The molecule has 0 radical (unpaired) electrons. The van der Waals surface area contributed by atoms with Crippen LogP contribution in [-0.4, -0.2) is 39.9 Å². The zero-order chi connectivity index (χ0) is 69.6. The standard InChI is InChI=1S/4C20H16ClN2S.ClH.Ir/c4*1-20(2,3)15-11-13(10-12-6-4-5-7-14(12)15)17-18-16(8-9-22-17)23-19(21)24-18;;/h4*4-8,10-11H,1-3H3;1H;/q4*-1;;+3/p-1. The van der Waals surface area contributed by atoms with Gasteiger partial charge in [-0.05, 0) is 151 Å². The Balaban J connectivity index is 0.000000123. The molecule has 0 atom stereocenters. The van der Waals surface area contributed by atoms with Crippen molar-refractivity contribution in [3.63, 3.8) is 0 Å². The van der Waals surface area contributed by atoms with Crippen LogP contribution in [0.4, 0.5) is 0 Å². The Morgan fingerprint density at radius 1 is 0.296 bits per heavy atom. The second kappa shape index (κ2) is 29.0. The van der Waals surface area contributed by atoms with E-state index in [1.54, 1.807) is 24.3 Å². The first-order valence-electron chi connectivity index (χ1n) is 31.3. The summed E-state index contributed by atoms with van der Waals surface area (Å²) in [6.07, 6.45) is 11.8. The van der Waals surface area contributed by atoms with E-state index in [0.29, 0.717) is 17.9 Å². The van der Waals surface area contributed by atoms with E-state index >= 15 is 0 Å². The monoisotopic (exact) mass is 1630 g/mol. The summed E-state index contributed by atoms with van der Waals surface area (Å²) in [5.74, 6) is 0. The topological polar surface area (TPSA) is 103 Å². The van der Waals surface area contributed by atoms with Gasteiger partial charge in [0.25, 0.3) is 0 Å². The summed E-state index contributed by atoms with van der Waals surface area (Å²) in [4.78, 5) is 35.4. The Labute approximate surface area is 621 Å². The predicted octanol–water partition coefficient (Wildman–Crippen LogP) is 25.7. The van der Waals surface area contributed by atoms with Gasteiger partial charge in [0, 0.05) is 0 Å². The van der Waals surface area contributed by atoms with Gasteiger partial charge in [-0.25, -0.2) is 0 Å². The van der Waals surface area contributed by atoms with Crippen LogP contribution in [0.25, 0.3) is 129 Å². The van der Waals surface area contributed by atoms with Crippen molar-refractivity contribution >= 4 is 185 Å². The van der Waals surface area contributed by atoms with E-state index in [0.717, 1.165) is 85.9 Å². The van der Waals surface area contributed by atoms with Crippen molar-refractivity contribution in [3.05, 3.63) is 235 Å². The molecule has 0 saturated heterocycles. The molecule has 0 spiro atoms. The zero-order valence-electron chi connectivity index (χ0n) is 55.6. The molecule has 0 aliphatic carbocycles. The van der Waals surface area contributed by atoms with Crippen LogP contribution >= 0.6 is 101 Å². The molecule has 494 valence electrons. The molecule has 0 N–H and O–H groups in total. The maximum absolute atomic E-state index is 6.11. The SMILES string of the molecule is CC(C)(C)c1cc(-c2n[c-]cc3nc(Cl)sc23)cc2ccccc12.CC(C)(C)c1cc(-c2n[c-]cc3nc(Cl)sc23)cc2ccccc12.CC(C)(C)c1cc(-c2n[c-]cc3nc(Cl)sc23)cc2ccccc12.CC(C)(C)c1cc(-c2n[c-]cc3nc(Cl)sc23)cc2ccccc12.[Cl][Ir+2]. The van der Waals surface area contributed by atoms with Gasteiger partial charge in [0.05, 0.1) is 0 Å². The summed E-state index contributed by atoms with van der Waals surface area (Å²) >= 11 is 31.8. The zero-order valence-corrected chi connectivity index (χ0v) is 65.0. The quantitative estimate of drug-likeness (QED) is 0.161. The number of thiazole rings is 4. The van der Waals surface area contributed by atoms with E-state index in [1.165, 1.54) is 129 Å². The van der Waals surface area contributed by atoms with Crippen LogP contribution in [0, 0.1) is 24.8 Å². The van der Waals surface area contributed by atoms with Crippen LogP contribution in [0.1, 0.15) is 105 Å². The Hall–Kier alpha value is -6.94.